The summed E-state index contributed by atoms with van der Waals surface area (Å²) in [7, 11) is 1.62. The van der Waals surface area contributed by atoms with Gasteiger partial charge in [0.15, 0.2) is 0 Å². The van der Waals surface area contributed by atoms with Crippen LogP contribution in [0.25, 0.3) is 33.6 Å². The van der Waals surface area contributed by atoms with Crippen LogP contribution in [0.3, 0.4) is 0 Å². The van der Waals surface area contributed by atoms with E-state index in [0.29, 0.717) is 34.1 Å². The lowest BCUT2D eigenvalue weighted by Crippen LogP contribution is -2.19. The third-order valence-corrected chi connectivity index (χ3v) is 5.33. The number of benzene rings is 3. The van der Waals surface area contributed by atoms with Crippen LogP contribution in [-0.4, -0.2) is 23.1 Å². The number of anilines is 3. The van der Waals surface area contributed by atoms with Crippen LogP contribution in [-0.2, 0) is 0 Å². The molecule has 34 heavy (non-hydrogen) atoms. The lowest BCUT2D eigenvalue weighted by atomic mass is 9.99. The number of nitrogens with one attached hydrogen (secondary N) is 2. The molecule has 5 aromatic rings. The van der Waals surface area contributed by atoms with Gasteiger partial charge in [0.05, 0.1) is 12.5 Å². The number of hydrogen-bond donors (Lipinski definition) is 3. The highest BCUT2D eigenvalue weighted by Gasteiger charge is 2.21. The fraction of sp³-hybridized carbons (Fsp3) is 0.0385. The van der Waals surface area contributed by atoms with Gasteiger partial charge in [0, 0.05) is 22.5 Å². The first-order valence-corrected chi connectivity index (χ1v) is 10.5. The molecule has 0 unspecified atom stereocenters. The first kappa shape index (κ1) is 21.0. The van der Waals surface area contributed by atoms with Crippen molar-refractivity contribution in [2.24, 2.45) is 0 Å². The number of carbonyl (C=O) groups is 1. The highest BCUT2D eigenvalue weighted by atomic mass is 16.5. The molecule has 0 saturated carbocycles. The molecule has 0 atom stereocenters. The number of urea groups is 1. The molecule has 0 aliphatic carbocycles. The smallest absolute Gasteiger partial charge is 0.323 e. The lowest BCUT2D eigenvalue weighted by molar-refractivity contribution is 0.262. The maximum absolute atomic E-state index is 12.3. The quantitative estimate of drug-likeness (QED) is 0.311. The van der Waals surface area contributed by atoms with Gasteiger partial charge in [-0.2, -0.15) is 0 Å². The topological polar surface area (TPSA) is 115 Å². The van der Waals surface area contributed by atoms with E-state index in [1.807, 2.05) is 78.9 Å². The normalized spacial score (nSPS) is 10.7. The molecule has 2 amide bonds. The van der Waals surface area contributed by atoms with Crippen LogP contribution >= 0.6 is 0 Å². The zero-order valence-electron chi connectivity index (χ0n) is 18.3. The van der Waals surface area contributed by atoms with Crippen molar-refractivity contribution in [3.05, 3.63) is 85.2 Å². The summed E-state index contributed by atoms with van der Waals surface area (Å²) in [6.45, 7) is 0. The van der Waals surface area contributed by atoms with Gasteiger partial charge in [-0.25, -0.2) is 14.8 Å². The van der Waals surface area contributed by atoms with Gasteiger partial charge in [-0.3, -0.25) is 0 Å². The number of furan rings is 1. The molecule has 2 heterocycles. The van der Waals surface area contributed by atoms with Crippen LogP contribution in [0, 0.1) is 0 Å². The van der Waals surface area contributed by atoms with Crippen molar-refractivity contribution in [1.82, 2.24) is 9.97 Å². The maximum atomic E-state index is 12.3. The predicted octanol–water partition coefficient (Wildman–Crippen LogP) is 5.79. The van der Waals surface area contributed by atoms with E-state index in [1.165, 1.54) is 6.33 Å². The van der Waals surface area contributed by atoms with Gasteiger partial charge in [-0.1, -0.05) is 30.3 Å². The fourth-order valence-electron chi connectivity index (χ4n) is 3.71. The second-order valence-corrected chi connectivity index (χ2v) is 7.50. The maximum Gasteiger partial charge on any atom is 0.323 e. The summed E-state index contributed by atoms with van der Waals surface area (Å²) in [5, 5.41) is 6.26. The van der Waals surface area contributed by atoms with Gasteiger partial charge in [0.25, 0.3) is 0 Å². The summed E-state index contributed by atoms with van der Waals surface area (Å²) in [6, 6.07) is 23.9. The Kier molecular flexibility index (Phi) is 5.53. The fourth-order valence-corrected chi connectivity index (χ4v) is 3.71. The third kappa shape index (κ3) is 4.12. The highest BCUT2D eigenvalue weighted by molar-refractivity contribution is 6.06. The summed E-state index contributed by atoms with van der Waals surface area (Å²) >= 11 is 0. The van der Waals surface area contributed by atoms with Crippen LogP contribution < -0.4 is 21.1 Å². The standard InChI is InChI=1S/C26H21N5O3/c1-33-20-13-9-17(10-14-20)23-21(22-24(27)28-15-29-25(22)34-23)16-7-11-19(12-8-16)31-26(32)30-18-5-3-2-4-6-18/h2-15H,1H3,(H2,27,28,29)(H2,30,31,32). The number of ether oxygens (including phenoxy) is 1. The van der Waals surface area contributed by atoms with E-state index in [4.69, 9.17) is 14.9 Å². The summed E-state index contributed by atoms with van der Waals surface area (Å²) in [5.74, 6) is 1.69. The van der Waals surface area contributed by atoms with Crippen molar-refractivity contribution in [2.75, 3.05) is 23.5 Å². The molecule has 0 bridgehead atoms. The van der Waals surface area contributed by atoms with Gasteiger partial charge < -0.3 is 25.5 Å². The molecule has 0 radical (unpaired) electrons. The average Bonchev–Trinajstić information content (AvgIpc) is 3.26. The summed E-state index contributed by atoms with van der Waals surface area (Å²) < 4.78 is 11.4. The van der Waals surface area contributed by atoms with E-state index in [1.54, 1.807) is 7.11 Å². The summed E-state index contributed by atoms with van der Waals surface area (Å²) in [4.78, 5) is 20.7. The predicted molar refractivity (Wildman–Crippen MR) is 133 cm³/mol. The van der Waals surface area contributed by atoms with Crippen LogP contribution in [0.2, 0.25) is 0 Å². The molecular weight excluding hydrogens is 430 g/mol. The van der Waals surface area contributed by atoms with Gasteiger partial charge in [0.1, 0.15) is 23.7 Å². The molecule has 0 aliphatic rings. The number of aromatic nitrogens is 2. The van der Waals surface area contributed by atoms with E-state index in [2.05, 4.69) is 20.6 Å². The van der Waals surface area contributed by atoms with Crippen LogP contribution in [0.4, 0.5) is 22.0 Å². The van der Waals surface area contributed by atoms with Crippen LogP contribution in [0.15, 0.2) is 89.6 Å². The number of nitrogens with zero attached hydrogens (tertiary/aromatic N) is 2. The second kappa shape index (κ2) is 8.95. The average molecular weight is 451 g/mol. The minimum atomic E-state index is -0.329. The van der Waals surface area contributed by atoms with E-state index < -0.39 is 0 Å². The summed E-state index contributed by atoms with van der Waals surface area (Å²) in [5.41, 5.74) is 10.4. The molecule has 2 aromatic heterocycles. The number of nitrogen functional groups attached to an aromatic ring is 1. The molecule has 3 aromatic carbocycles. The van der Waals surface area contributed by atoms with Crippen molar-refractivity contribution in [1.29, 1.82) is 0 Å². The minimum absolute atomic E-state index is 0.327. The largest absolute Gasteiger partial charge is 0.497 e. The van der Waals surface area contributed by atoms with Gasteiger partial charge >= 0.3 is 6.03 Å². The molecule has 168 valence electrons. The zero-order chi connectivity index (χ0) is 23.5. The van der Waals surface area contributed by atoms with Gasteiger partial charge in [0.2, 0.25) is 5.71 Å². The monoisotopic (exact) mass is 451 g/mol. The molecule has 8 heteroatoms. The Labute approximate surface area is 195 Å². The molecular formula is C26H21N5O3. The SMILES string of the molecule is COc1ccc(-c2oc3ncnc(N)c3c2-c2ccc(NC(=O)Nc3ccccc3)cc2)cc1. The number of para-hydroxylation sites is 1. The van der Waals surface area contributed by atoms with Crippen molar-refractivity contribution in [3.8, 4) is 28.2 Å². The third-order valence-electron chi connectivity index (χ3n) is 5.33. The molecule has 4 N–H and O–H groups in total. The Bertz CT molecular complexity index is 1450. The lowest BCUT2D eigenvalue weighted by Gasteiger charge is -2.09. The van der Waals surface area contributed by atoms with E-state index >= 15 is 0 Å². The number of hydrogen-bond acceptors (Lipinski definition) is 6. The Balaban J connectivity index is 1.49. The number of rotatable bonds is 5. The number of methoxy groups -OCH3 is 1. The minimum Gasteiger partial charge on any atom is -0.497 e. The van der Waals surface area contributed by atoms with Crippen molar-refractivity contribution in [2.45, 2.75) is 0 Å². The van der Waals surface area contributed by atoms with E-state index in [-0.39, 0.29) is 6.03 Å². The summed E-state index contributed by atoms with van der Waals surface area (Å²) in [6.07, 6.45) is 1.38. The zero-order valence-corrected chi connectivity index (χ0v) is 18.3. The van der Waals surface area contributed by atoms with Gasteiger partial charge in [-0.15, -0.1) is 0 Å². The first-order valence-electron chi connectivity index (χ1n) is 10.5. The number of carbonyl (C=O) groups excluding carboxylic acids is 1. The molecule has 0 saturated heterocycles. The van der Waals surface area contributed by atoms with Gasteiger partial charge in [-0.05, 0) is 54.1 Å². The highest BCUT2D eigenvalue weighted by Crippen LogP contribution is 2.42. The van der Waals surface area contributed by atoms with E-state index in [0.717, 1.165) is 22.4 Å². The molecule has 8 nitrogen and oxygen atoms in total. The Morgan fingerprint density at radius 3 is 2.18 bits per heavy atom. The Hall–Kier alpha value is -4.85. The molecule has 0 aliphatic heterocycles. The van der Waals surface area contributed by atoms with Crippen LogP contribution in [0.1, 0.15) is 0 Å². The van der Waals surface area contributed by atoms with E-state index in [9.17, 15) is 4.79 Å². The molecule has 0 spiro atoms. The molecule has 5 rings (SSSR count). The van der Waals surface area contributed by atoms with Crippen molar-refractivity contribution >= 4 is 34.3 Å². The van der Waals surface area contributed by atoms with Crippen LogP contribution in [0.5, 0.6) is 5.75 Å². The number of amides is 2. The Morgan fingerprint density at radius 2 is 1.50 bits per heavy atom. The Morgan fingerprint density at radius 1 is 0.853 bits per heavy atom. The molecule has 0 fully saturated rings. The number of nitrogens with two attached hydrogens (primary N) is 1. The van der Waals surface area contributed by atoms with Crippen molar-refractivity contribution in [3.63, 3.8) is 0 Å². The first-order chi connectivity index (χ1) is 16.6. The second-order valence-electron chi connectivity index (χ2n) is 7.50. The number of fused-ring (bicyclic) bond motifs is 1. The van der Waals surface area contributed by atoms with Crippen molar-refractivity contribution < 1.29 is 13.9 Å².